The molecule has 0 saturated heterocycles. The van der Waals surface area contributed by atoms with Crippen molar-refractivity contribution in [3.8, 4) is 0 Å². The second-order valence-corrected chi connectivity index (χ2v) is 16.2. The normalized spacial score (nSPS) is 11.9. The van der Waals surface area contributed by atoms with E-state index < -0.39 is 0 Å². The van der Waals surface area contributed by atoms with Gasteiger partial charge in [0.15, 0.2) is 0 Å². The molecule has 0 saturated carbocycles. The Bertz CT molecular complexity index is 714. The van der Waals surface area contributed by atoms with E-state index in [0.717, 1.165) is 32.5 Å². The van der Waals surface area contributed by atoms with Gasteiger partial charge >= 0.3 is 0 Å². The highest BCUT2D eigenvalue weighted by Gasteiger charge is 2.13. The first-order valence-electron chi connectivity index (χ1n) is 16.4. The Kier molecular flexibility index (Phi) is 26.2. The molecule has 0 aromatic carbocycles. The largest absolute Gasteiger partial charge is 0.379 e. The Hall–Kier alpha value is -1.67. The number of ether oxygens (including phenoxy) is 2. The first-order valence-corrected chi connectivity index (χ1v) is 16.4. The Morgan fingerprint density at radius 3 is 1.37 bits per heavy atom. The second kappa shape index (κ2) is 24.6. The average molecular weight is 616 g/mol. The average Bonchev–Trinajstić information content (AvgIpc) is 2.84. The maximum atomic E-state index is 11.5. The SMILES string of the molecule is CC(C)(C)CCC(=O)NCCOCCOCC(C)(C)C.CC(C)CNC(=O)C(C)C.CC(C)CNC(=O)CCC(C)(C)C. The first-order chi connectivity index (χ1) is 19.4. The fourth-order valence-corrected chi connectivity index (χ4v) is 2.84. The molecule has 3 amide bonds. The molecule has 0 aliphatic rings. The van der Waals surface area contributed by atoms with Gasteiger partial charge in [0.2, 0.25) is 17.7 Å². The fraction of sp³-hybridized carbons (Fsp3) is 0.914. The van der Waals surface area contributed by atoms with Crippen LogP contribution in [0.3, 0.4) is 0 Å². The minimum atomic E-state index is 0.104. The quantitative estimate of drug-likeness (QED) is 0.162. The van der Waals surface area contributed by atoms with Gasteiger partial charge in [-0.2, -0.15) is 0 Å². The lowest BCUT2D eigenvalue weighted by atomic mass is 9.90. The summed E-state index contributed by atoms with van der Waals surface area (Å²) in [7, 11) is 0. The third-order valence-corrected chi connectivity index (χ3v) is 5.60. The van der Waals surface area contributed by atoms with Crippen molar-refractivity contribution >= 4 is 17.7 Å². The van der Waals surface area contributed by atoms with Crippen molar-refractivity contribution < 1.29 is 23.9 Å². The van der Waals surface area contributed by atoms with Crippen LogP contribution in [-0.4, -0.2) is 63.8 Å². The molecule has 0 heterocycles. The second-order valence-electron chi connectivity index (χ2n) is 16.2. The summed E-state index contributed by atoms with van der Waals surface area (Å²) in [5.74, 6) is 1.63. The summed E-state index contributed by atoms with van der Waals surface area (Å²) < 4.78 is 10.9. The van der Waals surface area contributed by atoms with Crippen LogP contribution in [0.5, 0.6) is 0 Å². The van der Waals surface area contributed by atoms with Crippen molar-refractivity contribution in [1.29, 1.82) is 0 Å². The zero-order valence-corrected chi connectivity index (χ0v) is 31.1. The van der Waals surface area contributed by atoms with Crippen molar-refractivity contribution in [3.63, 3.8) is 0 Å². The summed E-state index contributed by atoms with van der Waals surface area (Å²) >= 11 is 0. The zero-order chi connectivity index (χ0) is 34.3. The lowest BCUT2D eigenvalue weighted by molar-refractivity contribution is -0.124. The third-order valence-electron chi connectivity index (χ3n) is 5.60. The van der Waals surface area contributed by atoms with E-state index in [0.29, 0.717) is 51.0 Å². The number of hydrogen-bond donors (Lipinski definition) is 3. The predicted octanol–water partition coefficient (Wildman–Crippen LogP) is 7.01. The fourth-order valence-electron chi connectivity index (χ4n) is 2.84. The highest BCUT2D eigenvalue weighted by Crippen LogP contribution is 2.20. The molecule has 43 heavy (non-hydrogen) atoms. The zero-order valence-electron chi connectivity index (χ0n) is 31.1. The number of rotatable bonds is 16. The molecule has 0 spiro atoms. The molecular formula is C35H73N3O5. The van der Waals surface area contributed by atoms with E-state index in [2.05, 4.69) is 106 Å². The van der Waals surface area contributed by atoms with E-state index in [9.17, 15) is 14.4 Å². The molecule has 0 aliphatic heterocycles. The number of hydrogen-bond acceptors (Lipinski definition) is 5. The molecule has 0 radical (unpaired) electrons. The van der Waals surface area contributed by atoms with Gasteiger partial charge in [0.05, 0.1) is 26.4 Å². The van der Waals surface area contributed by atoms with Gasteiger partial charge < -0.3 is 25.4 Å². The molecule has 8 nitrogen and oxygen atoms in total. The first kappa shape index (κ1) is 45.8. The van der Waals surface area contributed by atoms with Crippen LogP contribution in [0.4, 0.5) is 0 Å². The molecule has 0 rings (SSSR count). The van der Waals surface area contributed by atoms with E-state index >= 15 is 0 Å². The van der Waals surface area contributed by atoms with Crippen LogP contribution in [-0.2, 0) is 23.9 Å². The van der Waals surface area contributed by atoms with E-state index in [-0.39, 0.29) is 39.9 Å². The van der Waals surface area contributed by atoms with Gasteiger partial charge in [0, 0.05) is 38.4 Å². The third kappa shape index (κ3) is 44.9. The van der Waals surface area contributed by atoms with E-state index in [1.165, 1.54) is 0 Å². The Morgan fingerprint density at radius 1 is 0.558 bits per heavy atom. The van der Waals surface area contributed by atoms with Crippen molar-refractivity contribution in [2.75, 3.05) is 46.1 Å². The van der Waals surface area contributed by atoms with Crippen LogP contribution in [0.2, 0.25) is 0 Å². The van der Waals surface area contributed by atoms with Crippen LogP contribution in [0, 0.1) is 34.0 Å². The molecule has 0 fully saturated rings. The van der Waals surface area contributed by atoms with Gasteiger partial charge in [-0.15, -0.1) is 0 Å². The summed E-state index contributed by atoms with van der Waals surface area (Å²) in [5.41, 5.74) is 0.661. The Morgan fingerprint density at radius 2 is 0.977 bits per heavy atom. The summed E-state index contributed by atoms with van der Waals surface area (Å²) in [6.45, 7) is 36.1. The molecular weight excluding hydrogens is 542 g/mol. The lowest BCUT2D eigenvalue weighted by Crippen LogP contribution is -2.30. The van der Waals surface area contributed by atoms with Gasteiger partial charge in [-0.1, -0.05) is 104 Å². The van der Waals surface area contributed by atoms with E-state index in [1.54, 1.807) is 0 Å². The standard InChI is InChI=1S/C16H33NO3.C11H23NO.C8H17NO/c1-15(2,3)8-7-14(18)17-9-10-19-11-12-20-13-16(4,5)6;1-9(2)8-12-10(13)6-7-11(3,4)5;1-6(2)5-9-8(10)7(3)4/h7-13H2,1-6H3,(H,17,18);9H,6-8H2,1-5H3,(H,12,13);6-7H,5H2,1-4H3,(H,9,10). The topological polar surface area (TPSA) is 106 Å². The number of carbonyl (C=O) groups excluding carboxylic acids is 3. The van der Waals surface area contributed by atoms with E-state index in [1.807, 2.05) is 13.8 Å². The van der Waals surface area contributed by atoms with Crippen molar-refractivity contribution in [3.05, 3.63) is 0 Å². The van der Waals surface area contributed by atoms with Gasteiger partial charge in [-0.3, -0.25) is 14.4 Å². The monoisotopic (exact) mass is 616 g/mol. The van der Waals surface area contributed by atoms with Crippen molar-refractivity contribution in [2.45, 2.75) is 130 Å². The number of nitrogens with one attached hydrogen (secondary N) is 3. The molecule has 0 bridgehead atoms. The highest BCUT2D eigenvalue weighted by molar-refractivity contribution is 5.77. The molecule has 8 heteroatoms. The highest BCUT2D eigenvalue weighted by atomic mass is 16.5. The summed E-state index contributed by atoms with van der Waals surface area (Å²) in [6.07, 6.45) is 3.09. The minimum Gasteiger partial charge on any atom is -0.379 e. The number of carbonyl (C=O) groups is 3. The molecule has 0 aromatic rings. The lowest BCUT2D eigenvalue weighted by Gasteiger charge is -2.18. The minimum absolute atomic E-state index is 0.104. The van der Waals surface area contributed by atoms with Crippen LogP contribution in [0.25, 0.3) is 0 Å². The molecule has 258 valence electrons. The molecule has 0 atom stereocenters. The van der Waals surface area contributed by atoms with Crippen LogP contribution in [0.1, 0.15) is 130 Å². The van der Waals surface area contributed by atoms with Crippen LogP contribution >= 0.6 is 0 Å². The Balaban J connectivity index is -0.000000600. The van der Waals surface area contributed by atoms with Gasteiger partial charge in [-0.25, -0.2) is 0 Å². The molecule has 0 unspecified atom stereocenters. The van der Waals surface area contributed by atoms with Crippen LogP contribution < -0.4 is 16.0 Å². The van der Waals surface area contributed by atoms with Crippen molar-refractivity contribution in [2.24, 2.45) is 34.0 Å². The Labute approximate surface area is 267 Å². The van der Waals surface area contributed by atoms with Crippen molar-refractivity contribution in [1.82, 2.24) is 16.0 Å². The summed E-state index contributed by atoms with van der Waals surface area (Å²) in [4.78, 5) is 33.8. The maximum Gasteiger partial charge on any atom is 0.222 e. The van der Waals surface area contributed by atoms with E-state index in [4.69, 9.17) is 9.47 Å². The smallest absolute Gasteiger partial charge is 0.222 e. The van der Waals surface area contributed by atoms with Gasteiger partial charge in [0.25, 0.3) is 0 Å². The van der Waals surface area contributed by atoms with Crippen LogP contribution in [0.15, 0.2) is 0 Å². The predicted molar refractivity (Wildman–Crippen MR) is 182 cm³/mol. The number of amides is 3. The van der Waals surface area contributed by atoms with Gasteiger partial charge in [-0.05, 0) is 40.9 Å². The molecule has 3 N–H and O–H groups in total. The van der Waals surface area contributed by atoms with Gasteiger partial charge in [0.1, 0.15) is 0 Å². The molecule has 0 aliphatic carbocycles. The molecule has 0 aromatic heterocycles. The maximum absolute atomic E-state index is 11.5. The summed E-state index contributed by atoms with van der Waals surface area (Å²) in [5, 5.41) is 8.62. The summed E-state index contributed by atoms with van der Waals surface area (Å²) in [6, 6.07) is 0.